The highest BCUT2D eigenvalue weighted by molar-refractivity contribution is 9.10. The number of phenolic OH excluding ortho intramolecular Hbond substituents is 1. The Morgan fingerprint density at radius 3 is 2.60 bits per heavy atom. The first-order valence-corrected chi connectivity index (χ1v) is 5.30. The smallest absolute Gasteiger partial charge is 0.163 e. The van der Waals surface area contributed by atoms with E-state index in [9.17, 15) is 9.90 Å². The molecular weight excluding hydrogens is 256 g/mol. The van der Waals surface area contributed by atoms with E-state index in [4.69, 9.17) is 0 Å². The second kappa shape index (κ2) is 3.66. The monoisotopic (exact) mass is 264 g/mol. The van der Waals surface area contributed by atoms with E-state index in [1.165, 1.54) is 6.92 Å². The zero-order chi connectivity index (χ0) is 11.0. The van der Waals surface area contributed by atoms with Crippen molar-refractivity contribution in [3.8, 4) is 5.75 Å². The minimum Gasteiger partial charge on any atom is -0.507 e. The van der Waals surface area contributed by atoms with Crippen LogP contribution in [0.2, 0.25) is 0 Å². The third-order valence-corrected chi connectivity index (χ3v) is 2.79. The summed E-state index contributed by atoms with van der Waals surface area (Å²) in [5.41, 5.74) is 0.366. The first-order valence-electron chi connectivity index (χ1n) is 4.51. The quantitative estimate of drug-likeness (QED) is 0.801. The van der Waals surface area contributed by atoms with E-state index < -0.39 is 0 Å². The van der Waals surface area contributed by atoms with Gasteiger partial charge in [-0.1, -0.05) is 22.0 Å². The number of fused-ring (bicyclic) bond motifs is 1. The van der Waals surface area contributed by atoms with Gasteiger partial charge in [-0.2, -0.15) is 0 Å². The summed E-state index contributed by atoms with van der Waals surface area (Å²) in [6.45, 7) is 1.44. The topological polar surface area (TPSA) is 37.3 Å². The molecule has 0 unspecified atom stereocenters. The summed E-state index contributed by atoms with van der Waals surface area (Å²) in [7, 11) is 0. The van der Waals surface area contributed by atoms with Gasteiger partial charge in [-0.05, 0) is 42.0 Å². The fraction of sp³-hybridized carbons (Fsp3) is 0.0833. The lowest BCUT2D eigenvalue weighted by Gasteiger charge is -2.04. The molecule has 0 aliphatic heterocycles. The predicted molar refractivity (Wildman–Crippen MR) is 63.3 cm³/mol. The largest absolute Gasteiger partial charge is 0.507 e. The van der Waals surface area contributed by atoms with Gasteiger partial charge in [0, 0.05) is 4.47 Å². The molecule has 0 atom stereocenters. The summed E-state index contributed by atoms with van der Waals surface area (Å²) < 4.78 is 0.949. The highest BCUT2D eigenvalue weighted by Crippen LogP contribution is 2.27. The van der Waals surface area contributed by atoms with Crippen molar-refractivity contribution in [3.63, 3.8) is 0 Å². The Morgan fingerprint density at radius 1 is 1.20 bits per heavy atom. The summed E-state index contributed by atoms with van der Waals surface area (Å²) in [5.74, 6) is -0.0922. The van der Waals surface area contributed by atoms with Crippen molar-refractivity contribution >= 4 is 32.5 Å². The fourth-order valence-electron chi connectivity index (χ4n) is 1.54. The minimum absolute atomic E-state index is 0.0353. The number of carbonyl (C=O) groups excluding carboxylic acids is 1. The molecule has 3 heteroatoms. The molecule has 0 saturated carbocycles. The maximum absolute atomic E-state index is 11.2. The first-order chi connectivity index (χ1) is 7.08. The van der Waals surface area contributed by atoms with Crippen LogP contribution in [0, 0.1) is 0 Å². The van der Waals surface area contributed by atoms with Crippen LogP contribution in [0.25, 0.3) is 10.8 Å². The van der Waals surface area contributed by atoms with Crippen LogP contribution in [0.3, 0.4) is 0 Å². The lowest BCUT2D eigenvalue weighted by atomic mass is 10.0. The molecule has 0 heterocycles. The Labute approximate surface area is 95.7 Å². The SMILES string of the molecule is CC(=O)c1cc2ccc(Br)cc2cc1O. The molecule has 1 N–H and O–H groups in total. The number of hydrogen-bond donors (Lipinski definition) is 1. The van der Waals surface area contributed by atoms with Crippen LogP contribution in [-0.4, -0.2) is 10.9 Å². The molecule has 0 spiro atoms. The molecular formula is C12H9BrO2. The van der Waals surface area contributed by atoms with Gasteiger partial charge in [0.15, 0.2) is 5.78 Å². The first kappa shape index (κ1) is 10.2. The van der Waals surface area contributed by atoms with Gasteiger partial charge in [0.05, 0.1) is 5.56 Å². The van der Waals surface area contributed by atoms with Gasteiger partial charge in [-0.3, -0.25) is 4.79 Å². The van der Waals surface area contributed by atoms with Crippen LogP contribution in [0.1, 0.15) is 17.3 Å². The number of phenols is 1. The zero-order valence-electron chi connectivity index (χ0n) is 8.12. The molecule has 0 amide bonds. The van der Waals surface area contributed by atoms with E-state index in [2.05, 4.69) is 15.9 Å². The molecule has 15 heavy (non-hydrogen) atoms. The number of rotatable bonds is 1. The second-order valence-electron chi connectivity index (χ2n) is 3.42. The van der Waals surface area contributed by atoms with Gasteiger partial charge in [-0.15, -0.1) is 0 Å². The zero-order valence-corrected chi connectivity index (χ0v) is 9.71. The summed E-state index contributed by atoms with van der Waals surface area (Å²) in [6.07, 6.45) is 0. The molecule has 0 radical (unpaired) electrons. The Balaban J connectivity index is 2.76. The molecule has 0 saturated heterocycles. The fourth-order valence-corrected chi connectivity index (χ4v) is 1.92. The molecule has 2 aromatic rings. The van der Waals surface area contributed by atoms with Gasteiger partial charge >= 0.3 is 0 Å². The molecule has 0 bridgehead atoms. The Morgan fingerprint density at radius 2 is 1.93 bits per heavy atom. The van der Waals surface area contributed by atoms with Crippen molar-refractivity contribution in [1.29, 1.82) is 0 Å². The summed E-state index contributed by atoms with van der Waals surface area (Å²) in [4.78, 5) is 11.2. The lowest BCUT2D eigenvalue weighted by Crippen LogP contribution is -1.92. The van der Waals surface area contributed by atoms with E-state index in [1.54, 1.807) is 12.1 Å². The molecule has 76 valence electrons. The molecule has 2 aromatic carbocycles. The number of Topliss-reactive ketones (excluding diaryl/α,β-unsaturated/α-hetero) is 1. The Hall–Kier alpha value is -1.35. The van der Waals surface area contributed by atoms with Crippen molar-refractivity contribution in [2.45, 2.75) is 6.92 Å². The maximum atomic E-state index is 11.2. The Kier molecular flexibility index (Phi) is 2.49. The normalized spacial score (nSPS) is 10.5. The number of aromatic hydroxyl groups is 1. The maximum Gasteiger partial charge on any atom is 0.163 e. The molecule has 0 aliphatic carbocycles. The van der Waals surface area contributed by atoms with E-state index in [-0.39, 0.29) is 11.5 Å². The third kappa shape index (κ3) is 1.88. The molecule has 0 aromatic heterocycles. The van der Waals surface area contributed by atoms with Gasteiger partial charge < -0.3 is 5.11 Å². The van der Waals surface area contributed by atoms with Crippen LogP contribution in [0.5, 0.6) is 5.75 Å². The van der Waals surface area contributed by atoms with Crippen LogP contribution in [0.15, 0.2) is 34.8 Å². The van der Waals surface area contributed by atoms with Gasteiger partial charge in [0.25, 0.3) is 0 Å². The van der Waals surface area contributed by atoms with Gasteiger partial charge in [-0.25, -0.2) is 0 Å². The average molecular weight is 265 g/mol. The summed E-state index contributed by atoms with van der Waals surface area (Å²) >= 11 is 3.36. The number of ketones is 1. The second-order valence-corrected chi connectivity index (χ2v) is 4.33. The predicted octanol–water partition coefficient (Wildman–Crippen LogP) is 3.51. The number of halogens is 1. The lowest BCUT2D eigenvalue weighted by molar-refractivity contribution is 0.101. The van der Waals surface area contributed by atoms with Gasteiger partial charge in [0.1, 0.15) is 5.75 Å². The van der Waals surface area contributed by atoms with Crippen LogP contribution < -0.4 is 0 Å². The number of carbonyl (C=O) groups is 1. The number of hydrogen-bond acceptors (Lipinski definition) is 2. The van der Waals surface area contributed by atoms with Crippen molar-refractivity contribution in [3.05, 3.63) is 40.4 Å². The Bertz CT molecular complexity index is 547. The summed E-state index contributed by atoms with van der Waals surface area (Å²) in [6, 6.07) is 9.03. The molecule has 0 aliphatic rings. The van der Waals surface area contributed by atoms with Crippen molar-refractivity contribution in [2.24, 2.45) is 0 Å². The minimum atomic E-state index is -0.127. The van der Waals surface area contributed by atoms with Gasteiger partial charge in [0.2, 0.25) is 0 Å². The van der Waals surface area contributed by atoms with Crippen LogP contribution in [0.4, 0.5) is 0 Å². The van der Waals surface area contributed by atoms with Crippen molar-refractivity contribution in [1.82, 2.24) is 0 Å². The number of benzene rings is 2. The van der Waals surface area contributed by atoms with E-state index >= 15 is 0 Å². The van der Waals surface area contributed by atoms with Crippen LogP contribution >= 0.6 is 15.9 Å². The highest BCUT2D eigenvalue weighted by Gasteiger charge is 2.07. The average Bonchev–Trinajstić information content (AvgIpc) is 2.15. The summed E-state index contributed by atoms with van der Waals surface area (Å²) in [5, 5.41) is 11.5. The molecule has 0 fully saturated rings. The molecule has 2 rings (SSSR count). The van der Waals surface area contributed by atoms with Crippen molar-refractivity contribution < 1.29 is 9.90 Å². The highest BCUT2D eigenvalue weighted by atomic mass is 79.9. The third-order valence-electron chi connectivity index (χ3n) is 2.30. The van der Waals surface area contributed by atoms with Crippen molar-refractivity contribution in [2.75, 3.05) is 0 Å². The molecule has 2 nitrogen and oxygen atoms in total. The van der Waals surface area contributed by atoms with Crippen LogP contribution in [-0.2, 0) is 0 Å². The van der Waals surface area contributed by atoms with E-state index in [0.29, 0.717) is 5.56 Å². The standard InChI is InChI=1S/C12H9BrO2/c1-7(14)11-5-8-2-3-10(13)4-9(8)6-12(11)15/h2-6,15H,1H3. The van der Waals surface area contributed by atoms with E-state index in [1.807, 2.05) is 18.2 Å². The van der Waals surface area contributed by atoms with E-state index in [0.717, 1.165) is 15.2 Å².